The standard InChI is InChI=1S/C24H13ClF4N2O4/c1-35-23(34)13-6-8-14(18(26)10-13)21-15-7-5-12(11-32)9-19(15)31(30-21)22(33)20-16(24(27,28)29)3-2-4-17(20)25/h2-11H,1H3. The van der Waals surface area contributed by atoms with Gasteiger partial charge in [0.15, 0.2) is 0 Å². The fraction of sp³-hybridized carbons (Fsp3) is 0.0833. The number of carbonyl (C=O) groups excluding carboxylic acids is 3. The monoisotopic (exact) mass is 504 g/mol. The number of hydrogen-bond donors (Lipinski definition) is 0. The molecule has 0 aliphatic carbocycles. The molecule has 0 N–H and O–H groups in total. The van der Waals surface area contributed by atoms with Crippen molar-refractivity contribution < 1.29 is 36.7 Å². The average Bonchev–Trinajstić information content (AvgIpc) is 3.20. The Bertz CT molecular complexity index is 1510. The van der Waals surface area contributed by atoms with E-state index in [0.29, 0.717) is 17.0 Å². The van der Waals surface area contributed by atoms with Crippen molar-refractivity contribution in [1.29, 1.82) is 0 Å². The number of benzene rings is 3. The largest absolute Gasteiger partial charge is 0.465 e. The Morgan fingerprint density at radius 3 is 2.46 bits per heavy atom. The van der Waals surface area contributed by atoms with Gasteiger partial charge in [-0.1, -0.05) is 23.7 Å². The Labute approximate surface area is 199 Å². The van der Waals surface area contributed by atoms with Gasteiger partial charge >= 0.3 is 12.1 Å². The number of rotatable bonds is 4. The number of methoxy groups -OCH3 is 1. The average molecular weight is 505 g/mol. The number of fused-ring (bicyclic) bond motifs is 1. The molecule has 3 aromatic carbocycles. The first-order valence-corrected chi connectivity index (χ1v) is 10.2. The third-order valence-corrected chi connectivity index (χ3v) is 5.53. The lowest BCUT2D eigenvalue weighted by molar-refractivity contribution is -0.137. The minimum atomic E-state index is -4.90. The molecule has 0 spiro atoms. The predicted octanol–water partition coefficient (Wildman–Crippen LogP) is 5.80. The van der Waals surface area contributed by atoms with Crippen LogP contribution in [-0.4, -0.2) is 35.1 Å². The summed E-state index contributed by atoms with van der Waals surface area (Å²) < 4.78 is 61.0. The maximum absolute atomic E-state index is 15.0. The molecule has 0 unspecified atom stereocenters. The molecule has 0 saturated heterocycles. The smallest absolute Gasteiger partial charge is 0.417 e. The van der Waals surface area contributed by atoms with Gasteiger partial charge in [-0.3, -0.25) is 9.59 Å². The molecule has 0 aliphatic heterocycles. The summed E-state index contributed by atoms with van der Waals surface area (Å²) in [6.07, 6.45) is -4.42. The lowest BCUT2D eigenvalue weighted by Gasteiger charge is -2.13. The SMILES string of the molecule is COC(=O)c1ccc(-c2nn(C(=O)c3c(Cl)cccc3C(F)(F)F)c3cc(C=O)ccc23)c(F)c1. The van der Waals surface area contributed by atoms with Gasteiger partial charge in [0, 0.05) is 16.5 Å². The van der Waals surface area contributed by atoms with E-state index in [2.05, 4.69) is 9.84 Å². The Morgan fingerprint density at radius 1 is 1.09 bits per heavy atom. The summed E-state index contributed by atoms with van der Waals surface area (Å²) in [7, 11) is 1.13. The summed E-state index contributed by atoms with van der Waals surface area (Å²) in [5.41, 5.74) is -2.38. The quantitative estimate of drug-likeness (QED) is 0.199. The van der Waals surface area contributed by atoms with Crippen LogP contribution < -0.4 is 0 Å². The van der Waals surface area contributed by atoms with E-state index >= 15 is 0 Å². The van der Waals surface area contributed by atoms with Crippen molar-refractivity contribution in [3.8, 4) is 11.3 Å². The van der Waals surface area contributed by atoms with Crippen molar-refractivity contribution in [3.63, 3.8) is 0 Å². The van der Waals surface area contributed by atoms with E-state index in [-0.39, 0.29) is 33.3 Å². The fourth-order valence-electron chi connectivity index (χ4n) is 3.59. The topological polar surface area (TPSA) is 78.3 Å². The Morgan fingerprint density at radius 2 is 1.83 bits per heavy atom. The molecule has 4 aromatic rings. The third kappa shape index (κ3) is 4.28. The molecule has 1 aromatic heterocycles. The molecule has 0 saturated carbocycles. The van der Waals surface area contributed by atoms with Gasteiger partial charge in [0.1, 0.15) is 17.8 Å². The number of halogens is 5. The molecule has 1 heterocycles. The van der Waals surface area contributed by atoms with Gasteiger partial charge in [0.2, 0.25) is 0 Å². The van der Waals surface area contributed by atoms with Gasteiger partial charge in [-0.05, 0) is 42.5 Å². The van der Waals surface area contributed by atoms with Crippen LogP contribution in [0.4, 0.5) is 17.6 Å². The molecule has 35 heavy (non-hydrogen) atoms. The first kappa shape index (κ1) is 24.1. The second kappa shape index (κ2) is 8.95. The van der Waals surface area contributed by atoms with Gasteiger partial charge in [-0.15, -0.1) is 0 Å². The molecule has 0 bridgehead atoms. The molecule has 0 aliphatic rings. The first-order valence-electron chi connectivity index (χ1n) is 9.83. The summed E-state index contributed by atoms with van der Waals surface area (Å²) in [5, 5.41) is 3.81. The fourth-order valence-corrected chi connectivity index (χ4v) is 3.85. The highest BCUT2D eigenvalue weighted by molar-refractivity contribution is 6.34. The summed E-state index contributed by atoms with van der Waals surface area (Å²) in [4.78, 5) is 36.3. The summed E-state index contributed by atoms with van der Waals surface area (Å²) in [5.74, 6) is -2.90. The second-order valence-electron chi connectivity index (χ2n) is 7.31. The number of carbonyl (C=O) groups is 3. The van der Waals surface area contributed by atoms with Crippen LogP contribution in [-0.2, 0) is 10.9 Å². The van der Waals surface area contributed by atoms with E-state index in [0.717, 1.165) is 25.3 Å². The highest BCUT2D eigenvalue weighted by atomic mass is 35.5. The maximum Gasteiger partial charge on any atom is 0.417 e. The molecule has 0 fully saturated rings. The van der Waals surface area contributed by atoms with Crippen LogP contribution in [0, 0.1) is 5.82 Å². The van der Waals surface area contributed by atoms with Gasteiger partial charge in [-0.25, -0.2) is 9.18 Å². The Kier molecular flexibility index (Phi) is 6.16. The second-order valence-corrected chi connectivity index (χ2v) is 7.71. The Balaban J connectivity index is 1.98. The van der Waals surface area contributed by atoms with Gasteiger partial charge in [0.25, 0.3) is 5.91 Å². The van der Waals surface area contributed by atoms with Gasteiger partial charge < -0.3 is 4.74 Å². The summed E-state index contributed by atoms with van der Waals surface area (Å²) >= 11 is 5.98. The van der Waals surface area contributed by atoms with Crippen molar-refractivity contribution in [3.05, 3.63) is 87.7 Å². The zero-order valence-corrected chi connectivity index (χ0v) is 18.4. The molecular formula is C24H13ClF4N2O4. The lowest BCUT2D eigenvalue weighted by atomic mass is 10.0. The van der Waals surface area contributed by atoms with Crippen LogP contribution in [0.1, 0.15) is 36.6 Å². The maximum atomic E-state index is 15.0. The number of aromatic nitrogens is 2. The zero-order chi connectivity index (χ0) is 25.5. The van der Waals surface area contributed by atoms with Crippen LogP contribution in [0.3, 0.4) is 0 Å². The Hall–Kier alpha value is -4.05. The van der Waals surface area contributed by atoms with Crippen LogP contribution in [0.5, 0.6) is 0 Å². The number of alkyl halides is 3. The minimum absolute atomic E-state index is 0.0425. The highest BCUT2D eigenvalue weighted by Gasteiger charge is 2.37. The number of hydrogen-bond acceptors (Lipinski definition) is 5. The molecule has 4 rings (SSSR count). The van der Waals surface area contributed by atoms with Crippen molar-refractivity contribution in [1.82, 2.24) is 9.78 Å². The normalized spacial score (nSPS) is 11.5. The highest BCUT2D eigenvalue weighted by Crippen LogP contribution is 2.37. The summed E-state index contributed by atoms with van der Waals surface area (Å²) in [6.45, 7) is 0. The van der Waals surface area contributed by atoms with Crippen molar-refractivity contribution in [2.45, 2.75) is 6.18 Å². The van der Waals surface area contributed by atoms with E-state index < -0.39 is 40.0 Å². The predicted molar refractivity (Wildman–Crippen MR) is 118 cm³/mol. The first-order chi connectivity index (χ1) is 16.6. The molecule has 11 heteroatoms. The number of aldehydes is 1. The third-order valence-electron chi connectivity index (χ3n) is 5.21. The van der Waals surface area contributed by atoms with E-state index in [1.807, 2.05) is 0 Å². The molecule has 6 nitrogen and oxygen atoms in total. The zero-order valence-electron chi connectivity index (χ0n) is 17.7. The van der Waals surface area contributed by atoms with E-state index in [1.54, 1.807) is 0 Å². The van der Waals surface area contributed by atoms with Crippen molar-refractivity contribution in [2.75, 3.05) is 7.11 Å². The van der Waals surface area contributed by atoms with Crippen LogP contribution in [0.25, 0.3) is 22.2 Å². The van der Waals surface area contributed by atoms with Crippen LogP contribution >= 0.6 is 11.6 Å². The summed E-state index contributed by atoms with van der Waals surface area (Å²) in [6, 6.07) is 10.3. The molecule has 0 radical (unpaired) electrons. The number of nitrogens with zero attached hydrogens (tertiary/aromatic N) is 2. The molecule has 0 atom stereocenters. The molecule has 0 amide bonds. The lowest BCUT2D eigenvalue weighted by Crippen LogP contribution is -2.20. The van der Waals surface area contributed by atoms with Crippen LogP contribution in [0.15, 0.2) is 54.6 Å². The van der Waals surface area contributed by atoms with Crippen LogP contribution in [0.2, 0.25) is 5.02 Å². The van der Waals surface area contributed by atoms with E-state index in [4.69, 9.17) is 11.6 Å². The van der Waals surface area contributed by atoms with Crippen molar-refractivity contribution >= 4 is 40.7 Å². The van der Waals surface area contributed by atoms with E-state index in [9.17, 15) is 31.9 Å². The number of esters is 1. The van der Waals surface area contributed by atoms with Crippen molar-refractivity contribution in [2.24, 2.45) is 0 Å². The van der Waals surface area contributed by atoms with E-state index in [1.165, 1.54) is 30.3 Å². The van der Waals surface area contributed by atoms with Gasteiger partial charge in [-0.2, -0.15) is 23.0 Å². The number of ether oxygens (including phenoxy) is 1. The minimum Gasteiger partial charge on any atom is -0.465 e. The molecule has 178 valence electrons. The van der Waals surface area contributed by atoms with Gasteiger partial charge in [0.05, 0.1) is 34.3 Å². The molecular weight excluding hydrogens is 492 g/mol.